The molecule has 1 saturated heterocycles. The summed E-state index contributed by atoms with van der Waals surface area (Å²) >= 11 is 0. The fraction of sp³-hybridized carbons (Fsp3) is 0.214. The number of carbonyl (C=O) groups is 2. The molecule has 0 unspecified atom stereocenters. The van der Waals surface area contributed by atoms with Gasteiger partial charge in [-0.1, -0.05) is 5.16 Å². The molecule has 3 rings (SSSR count). The number of nitrogens with one attached hydrogen (secondary N) is 1. The third kappa shape index (κ3) is 2.40. The van der Waals surface area contributed by atoms with Crippen molar-refractivity contribution in [2.24, 2.45) is 0 Å². The SMILES string of the molecule is O=C(Nc1ccc(N2CCCC2=O)cc1)c1ccno1. The van der Waals surface area contributed by atoms with Crippen LogP contribution in [-0.2, 0) is 4.79 Å². The molecule has 0 aliphatic carbocycles. The lowest BCUT2D eigenvalue weighted by Gasteiger charge is -2.15. The highest BCUT2D eigenvalue weighted by atomic mass is 16.5. The van der Waals surface area contributed by atoms with Crippen LogP contribution in [0.25, 0.3) is 0 Å². The second-order valence-corrected chi connectivity index (χ2v) is 4.53. The third-order valence-corrected chi connectivity index (χ3v) is 3.17. The molecule has 1 aromatic heterocycles. The predicted molar refractivity (Wildman–Crippen MR) is 72.5 cm³/mol. The molecule has 0 atom stereocenters. The van der Waals surface area contributed by atoms with Crippen LogP contribution in [0.2, 0.25) is 0 Å². The predicted octanol–water partition coefficient (Wildman–Crippen LogP) is 2.05. The number of hydrogen-bond donors (Lipinski definition) is 1. The lowest BCUT2D eigenvalue weighted by Crippen LogP contribution is -2.23. The Bertz CT molecular complexity index is 620. The first-order valence-electron chi connectivity index (χ1n) is 6.36. The number of aromatic nitrogens is 1. The Morgan fingerprint density at radius 2 is 2.05 bits per heavy atom. The van der Waals surface area contributed by atoms with Crippen LogP contribution < -0.4 is 10.2 Å². The number of hydrogen-bond acceptors (Lipinski definition) is 4. The molecule has 20 heavy (non-hydrogen) atoms. The van der Waals surface area contributed by atoms with Crippen molar-refractivity contribution >= 4 is 23.2 Å². The molecule has 1 aromatic carbocycles. The van der Waals surface area contributed by atoms with Crippen molar-refractivity contribution in [3.05, 3.63) is 42.3 Å². The number of carbonyl (C=O) groups excluding carboxylic acids is 2. The Kier molecular flexibility index (Phi) is 3.20. The highest BCUT2D eigenvalue weighted by Gasteiger charge is 2.21. The minimum Gasteiger partial charge on any atom is -0.351 e. The Balaban J connectivity index is 1.70. The van der Waals surface area contributed by atoms with Gasteiger partial charge in [-0.15, -0.1) is 0 Å². The highest BCUT2D eigenvalue weighted by molar-refractivity contribution is 6.02. The first-order chi connectivity index (χ1) is 9.74. The fourth-order valence-electron chi connectivity index (χ4n) is 2.17. The van der Waals surface area contributed by atoms with Gasteiger partial charge in [-0.3, -0.25) is 9.59 Å². The number of rotatable bonds is 3. The Morgan fingerprint density at radius 3 is 2.65 bits per heavy atom. The van der Waals surface area contributed by atoms with Crippen molar-refractivity contribution < 1.29 is 14.1 Å². The normalized spacial score (nSPS) is 14.6. The van der Waals surface area contributed by atoms with Gasteiger partial charge in [0.1, 0.15) is 0 Å². The number of benzene rings is 1. The number of anilines is 2. The van der Waals surface area contributed by atoms with Crippen LogP contribution in [0.1, 0.15) is 23.4 Å². The standard InChI is InChI=1S/C14H13N3O3/c18-13-2-1-9-17(13)11-5-3-10(4-6-11)16-14(19)12-7-8-15-20-12/h3-8H,1-2,9H2,(H,16,19). The van der Waals surface area contributed by atoms with E-state index >= 15 is 0 Å². The largest absolute Gasteiger partial charge is 0.351 e. The zero-order valence-corrected chi connectivity index (χ0v) is 10.7. The van der Waals surface area contributed by atoms with E-state index in [9.17, 15) is 9.59 Å². The highest BCUT2D eigenvalue weighted by Crippen LogP contribution is 2.23. The molecule has 1 aliphatic rings. The van der Waals surface area contributed by atoms with Gasteiger partial charge < -0.3 is 14.7 Å². The summed E-state index contributed by atoms with van der Waals surface area (Å²) in [6.07, 6.45) is 2.91. The minimum absolute atomic E-state index is 0.142. The molecule has 0 saturated carbocycles. The smallest absolute Gasteiger partial charge is 0.294 e. The summed E-state index contributed by atoms with van der Waals surface area (Å²) in [7, 11) is 0. The van der Waals surface area contributed by atoms with Gasteiger partial charge >= 0.3 is 0 Å². The summed E-state index contributed by atoms with van der Waals surface area (Å²) in [6, 6.07) is 8.65. The summed E-state index contributed by atoms with van der Waals surface area (Å²) in [5.74, 6) is -0.0558. The van der Waals surface area contributed by atoms with Crippen LogP contribution in [0.3, 0.4) is 0 Å². The van der Waals surface area contributed by atoms with Crippen molar-refractivity contribution in [3.8, 4) is 0 Å². The molecule has 2 amide bonds. The van der Waals surface area contributed by atoms with Crippen molar-refractivity contribution in [1.82, 2.24) is 5.16 Å². The maximum Gasteiger partial charge on any atom is 0.294 e. The molecule has 1 fully saturated rings. The van der Waals surface area contributed by atoms with Crippen LogP contribution >= 0.6 is 0 Å². The van der Waals surface area contributed by atoms with E-state index in [0.717, 1.165) is 18.7 Å². The summed E-state index contributed by atoms with van der Waals surface area (Å²) in [6.45, 7) is 0.753. The van der Waals surface area contributed by atoms with Gasteiger partial charge in [0.15, 0.2) is 0 Å². The molecule has 0 spiro atoms. The molecular formula is C14H13N3O3. The van der Waals surface area contributed by atoms with Gasteiger partial charge in [-0.2, -0.15) is 0 Å². The molecule has 0 bridgehead atoms. The first-order valence-corrected chi connectivity index (χ1v) is 6.36. The van der Waals surface area contributed by atoms with E-state index in [-0.39, 0.29) is 17.6 Å². The molecule has 6 nitrogen and oxygen atoms in total. The van der Waals surface area contributed by atoms with E-state index in [4.69, 9.17) is 4.52 Å². The number of amides is 2. The van der Waals surface area contributed by atoms with Crippen LogP contribution in [0.4, 0.5) is 11.4 Å². The maximum absolute atomic E-state index is 11.8. The fourth-order valence-corrected chi connectivity index (χ4v) is 2.17. The second kappa shape index (κ2) is 5.16. The monoisotopic (exact) mass is 271 g/mol. The second-order valence-electron chi connectivity index (χ2n) is 4.53. The molecule has 102 valence electrons. The van der Waals surface area contributed by atoms with Crippen LogP contribution in [0.15, 0.2) is 41.1 Å². The van der Waals surface area contributed by atoms with E-state index < -0.39 is 0 Å². The molecule has 2 aromatic rings. The Hall–Kier alpha value is -2.63. The molecule has 1 N–H and O–H groups in total. The zero-order chi connectivity index (χ0) is 13.9. The summed E-state index contributed by atoms with van der Waals surface area (Å²) in [5, 5.41) is 6.18. The third-order valence-electron chi connectivity index (χ3n) is 3.17. The van der Waals surface area contributed by atoms with Gasteiger partial charge in [-0.25, -0.2) is 0 Å². The van der Waals surface area contributed by atoms with Crippen LogP contribution in [0, 0.1) is 0 Å². The van der Waals surface area contributed by atoms with Gasteiger partial charge in [0.05, 0.1) is 6.20 Å². The Morgan fingerprint density at radius 1 is 1.25 bits per heavy atom. The molecule has 1 aliphatic heterocycles. The maximum atomic E-state index is 11.8. The van der Waals surface area contributed by atoms with Gasteiger partial charge in [0.25, 0.3) is 5.91 Å². The average molecular weight is 271 g/mol. The van der Waals surface area contributed by atoms with E-state index in [1.54, 1.807) is 17.0 Å². The van der Waals surface area contributed by atoms with Crippen LogP contribution in [0.5, 0.6) is 0 Å². The van der Waals surface area contributed by atoms with E-state index in [0.29, 0.717) is 12.1 Å². The van der Waals surface area contributed by atoms with Gasteiger partial charge in [0, 0.05) is 30.4 Å². The molecule has 2 heterocycles. The van der Waals surface area contributed by atoms with Crippen molar-refractivity contribution in [2.45, 2.75) is 12.8 Å². The average Bonchev–Trinajstić information content (AvgIpc) is 3.11. The van der Waals surface area contributed by atoms with Gasteiger partial charge in [0.2, 0.25) is 11.7 Å². The van der Waals surface area contributed by atoms with Crippen molar-refractivity contribution in [2.75, 3.05) is 16.8 Å². The first kappa shape index (κ1) is 12.4. The van der Waals surface area contributed by atoms with E-state index in [2.05, 4.69) is 10.5 Å². The van der Waals surface area contributed by atoms with Gasteiger partial charge in [-0.05, 0) is 30.7 Å². The molecule has 6 heteroatoms. The van der Waals surface area contributed by atoms with Crippen molar-refractivity contribution in [3.63, 3.8) is 0 Å². The molecular weight excluding hydrogens is 258 g/mol. The zero-order valence-electron chi connectivity index (χ0n) is 10.7. The molecule has 0 radical (unpaired) electrons. The quantitative estimate of drug-likeness (QED) is 0.927. The Labute approximate surface area is 115 Å². The summed E-state index contributed by atoms with van der Waals surface area (Å²) in [5.41, 5.74) is 1.49. The summed E-state index contributed by atoms with van der Waals surface area (Å²) < 4.78 is 4.77. The van der Waals surface area contributed by atoms with E-state index in [1.807, 2.05) is 12.1 Å². The van der Waals surface area contributed by atoms with Crippen molar-refractivity contribution in [1.29, 1.82) is 0 Å². The number of nitrogens with zero attached hydrogens (tertiary/aromatic N) is 2. The lowest BCUT2D eigenvalue weighted by atomic mass is 10.2. The van der Waals surface area contributed by atoms with E-state index in [1.165, 1.54) is 12.3 Å². The van der Waals surface area contributed by atoms with Crippen LogP contribution in [-0.4, -0.2) is 23.5 Å². The lowest BCUT2D eigenvalue weighted by molar-refractivity contribution is -0.117. The summed E-state index contributed by atoms with van der Waals surface area (Å²) in [4.78, 5) is 25.1. The topological polar surface area (TPSA) is 75.4 Å². The minimum atomic E-state index is -0.354.